The second-order valence-corrected chi connectivity index (χ2v) is 2.50. The molecule has 0 spiro atoms. The SMILES string of the molecule is Cc1ccc(C(=O)O)c([ClH+])n1. The van der Waals surface area contributed by atoms with E-state index in [-0.39, 0.29) is 10.7 Å². The van der Waals surface area contributed by atoms with Gasteiger partial charge in [-0.2, -0.15) is 4.98 Å². The molecule has 0 bridgehead atoms. The molecule has 0 unspecified atom stereocenters. The number of rotatable bonds is 1. The highest BCUT2D eigenvalue weighted by molar-refractivity contribution is 5.88. The summed E-state index contributed by atoms with van der Waals surface area (Å²) in [6.45, 7) is 1.77. The van der Waals surface area contributed by atoms with Crippen LogP contribution in [-0.2, 0) is 0 Å². The number of aryl methyl sites for hydroxylation is 1. The maximum atomic E-state index is 10.4. The van der Waals surface area contributed by atoms with Crippen LogP contribution in [0.1, 0.15) is 16.1 Å². The van der Waals surface area contributed by atoms with Crippen LogP contribution < -0.4 is 0 Å². The first-order chi connectivity index (χ1) is 5.11. The van der Waals surface area contributed by atoms with E-state index < -0.39 is 5.97 Å². The van der Waals surface area contributed by atoms with Crippen molar-refractivity contribution in [2.24, 2.45) is 0 Å². The molecular weight excluding hydrogens is 166 g/mol. The number of carboxylic acid groups (broad SMARTS) is 1. The highest BCUT2D eigenvalue weighted by Gasteiger charge is 2.14. The third kappa shape index (κ3) is 1.68. The van der Waals surface area contributed by atoms with Crippen molar-refractivity contribution in [2.45, 2.75) is 6.92 Å². The lowest BCUT2D eigenvalue weighted by molar-refractivity contribution is -0.297. The molecule has 1 rings (SSSR count). The molecule has 58 valence electrons. The summed E-state index contributed by atoms with van der Waals surface area (Å²) in [6.07, 6.45) is 0. The Labute approximate surface area is 68.6 Å². The molecule has 11 heavy (non-hydrogen) atoms. The first kappa shape index (κ1) is 8.01. The Hall–Kier alpha value is -1.09. The summed E-state index contributed by atoms with van der Waals surface area (Å²) >= 11 is 4.72. The molecule has 4 heteroatoms. The minimum atomic E-state index is -1.03. The largest absolute Gasteiger partial charge is 0.477 e. The van der Waals surface area contributed by atoms with Gasteiger partial charge in [0.15, 0.2) is 11.6 Å². The molecule has 1 aromatic rings. The number of pyridine rings is 1. The smallest absolute Gasteiger partial charge is 0.343 e. The van der Waals surface area contributed by atoms with E-state index >= 15 is 0 Å². The molecule has 0 aliphatic rings. The summed E-state index contributed by atoms with van der Waals surface area (Å²) in [5.74, 6) is -1.03. The van der Waals surface area contributed by atoms with Crippen LogP contribution in [0.25, 0.3) is 0 Å². The zero-order valence-corrected chi connectivity index (χ0v) is 6.68. The summed E-state index contributed by atoms with van der Waals surface area (Å²) in [6, 6.07) is 3.09. The van der Waals surface area contributed by atoms with Gasteiger partial charge in [0.25, 0.3) is 0 Å². The molecule has 1 aromatic heterocycles. The number of carboxylic acids is 1. The maximum Gasteiger partial charge on any atom is 0.343 e. The van der Waals surface area contributed by atoms with Gasteiger partial charge in [-0.05, 0) is 19.1 Å². The monoisotopic (exact) mass is 172 g/mol. The van der Waals surface area contributed by atoms with Crippen molar-refractivity contribution in [3.8, 4) is 0 Å². The van der Waals surface area contributed by atoms with Crippen molar-refractivity contribution in [3.05, 3.63) is 28.5 Å². The summed E-state index contributed by atoms with van der Waals surface area (Å²) in [5, 5.41) is 8.70. The summed E-state index contributed by atoms with van der Waals surface area (Å²) in [7, 11) is 0. The van der Waals surface area contributed by atoms with Gasteiger partial charge in [0, 0.05) is 5.69 Å². The molecule has 0 fully saturated rings. The predicted molar refractivity (Wildman–Crippen MR) is 36.5 cm³/mol. The van der Waals surface area contributed by atoms with Gasteiger partial charge < -0.3 is 5.11 Å². The highest BCUT2D eigenvalue weighted by atomic mass is 35.5. The lowest BCUT2D eigenvalue weighted by Gasteiger charge is -1.92. The Bertz CT molecular complexity index is 298. The molecule has 0 atom stereocenters. The molecule has 0 aromatic carbocycles. The first-order valence-electron chi connectivity index (χ1n) is 2.99. The van der Waals surface area contributed by atoms with E-state index in [4.69, 9.17) is 16.7 Å². The minimum absolute atomic E-state index is 0.0885. The molecule has 0 saturated carbocycles. The van der Waals surface area contributed by atoms with E-state index in [9.17, 15) is 4.79 Å². The molecule has 0 radical (unpaired) electrons. The van der Waals surface area contributed by atoms with Gasteiger partial charge in [0.05, 0.1) is 0 Å². The van der Waals surface area contributed by atoms with Crippen LogP contribution in [0.5, 0.6) is 0 Å². The highest BCUT2D eigenvalue weighted by Crippen LogP contribution is 2.07. The average Bonchev–Trinajstić information content (AvgIpc) is 1.85. The van der Waals surface area contributed by atoms with Crippen LogP contribution in [0.4, 0.5) is 0 Å². The van der Waals surface area contributed by atoms with Gasteiger partial charge in [-0.15, -0.1) is 0 Å². The Kier molecular flexibility index (Phi) is 2.10. The average molecular weight is 173 g/mol. The minimum Gasteiger partial charge on any atom is -0.477 e. The Morgan fingerprint density at radius 1 is 1.64 bits per heavy atom. The second-order valence-electron chi connectivity index (χ2n) is 2.11. The zero-order chi connectivity index (χ0) is 8.43. The van der Waals surface area contributed by atoms with Gasteiger partial charge in [0.1, 0.15) is 5.56 Å². The van der Waals surface area contributed by atoms with Crippen molar-refractivity contribution < 1.29 is 21.5 Å². The number of halogens is 1. The number of aromatic carboxylic acids is 1. The Morgan fingerprint density at radius 2 is 2.27 bits per heavy atom. The number of aromatic nitrogens is 1. The fraction of sp³-hybridized carbons (Fsp3) is 0.143. The van der Waals surface area contributed by atoms with Crippen molar-refractivity contribution in [3.63, 3.8) is 0 Å². The zero-order valence-electron chi connectivity index (χ0n) is 5.87. The van der Waals surface area contributed by atoms with E-state index in [2.05, 4.69) is 4.98 Å². The van der Waals surface area contributed by atoms with E-state index in [1.54, 1.807) is 13.0 Å². The summed E-state index contributed by atoms with van der Waals surface area (Å²) in [4.78, 5) is 14.3. The lowest BCUT2D eigenvalue weighted by Crippen LogP contribution is -2.00. The van der Waals surface area contributed by atoms with Crippen molar-refractivity contribution in [1.82, 2.24) is 4.98 Å². The standard InChI is InChI=1S/C7H6ClNO2/c1-4-2-3-5(7(10)11)6(8)9-4/h2-3,8H,1H3/p+1. The first-order valence-corrected chi connectivity index (χ1v) is 3.40. The quantitative estimate of drug-likeness (QED) is 0.637. The number of hydrogen-bond donors (Lipinski definition) is 1. The van der Waals surface area contributed by atoms with Gasteiger partial charge in [-0.1, -0.05) is 0 Å². The van der Waals surface area contributed by atoms with Crippen LogP contribution in [0.3, 0.4) is 0 Å². The molecule has 0 aliphatic carbocycles. The third-order valence-corrected chi connectivity index (χ3v) is 1.54. The number of hydrogen-bond acceptors (Lipinski definition) is 2. The predicted octanol–water partition coefficient (Wildman–Crippen LogP) is 0.784. The van der Waals surface area contributed by atoms with Crippen molar-refractivity contribution in [2.75, 3.05) is 0 Å². The number of carbonyl (C=O) groups is 1. The molecule has 0 aliphatic heterocycles. The Morgan fingerprint density at radius 3 is 2.73 bits per heavy atom. The normalized spacial score (nSPS) is 9.64. The van der Waals surface area contributed by atoms with Crippen LogP contribution in [0, 0.1) is 18.5 Å². The fourth-order valence-electron chi connectivity index (χ4n) is 0.696. The summed E-state index contributed by atoms with van der Waals surface area (Å²) in [5.41, 5.74) is 0.825. The van der Waals surface area contributed by atoms with Gasteiger partial charge >= 0.3 is 11.1 Å². The van der Waals surface area contributed by atoms with Crippen LogP contribution >= 0.6 is 0 Å². The lowest BCUT2D eigenvalue weighted by atomic mass is 10.2. The van der Waals surface area contributed by atoms with E-state index in [0.717, 1.165) is 5.69 Å². The third-order valence-electron chi connectivity index (χ3n) is 1.23. The van der Waals surface area contributed by atoms with E-state index in [1.165, 1.54) is 6.07 Å². The van der Waals surface area contributed by atoms with Crippen LogP contribution in [0.2, 0.25) is 5.15 Å². The fourth-order valence-corrected chi connectivity index (χ4v) is 0.995. The number of nitrogens with zero attached hydrogens (tertiary/aromatic N) is 1. The molecular formula is C7H7ClNO2+. The van der Waals surface area contributed by atoms with E-state index in [0.29, 0.717) is 0 Å². The van der Waals surface area contributed by atoms with E-state index in [1.807, 2.05) is 0 Å². The van der Waals surface area contributed by atoms with Gasteiger partial charge in [0.2, 0.25) is 0 Å². The van der Waals surface area contributed by atoms with Gasteiger partial charge in [-0.3, -0.25) is 0 Å². The van der Waals surface area contributed by atoms with Gasteiger partial charge in [-0.25, -0.2) is 4.79 Å². The van der Waals surface area contributed by atoms with Crippen LogP contribution in [-0.4, -0.2) is 16.1 Å². The molecule has 1 N–H and O–H groups in total. The maximum absolute atomic E-state index is 10.4. The Balaban J connectivity index is 3.20. The van der Waals surface area contributed by atoms with Crippen LogP contribution in [0.15, 0.2) is 12.1 Å². The second kappa shape index (κ2) is 2.88. The molecule has 3 nitrogen and oxygen atoms in total. The van der Waals surface area contributed by atoms with Crippen molar-refractivity contribution >= 4 is 5.97 Å². The molecule has 1 heterocycles. The van der Waals surface area contributed by atoms with Crippen molar-refractivity contribution in [1.29, 1.82) is 0 Å². The summed E-state index contributed by atoms with van der Waals surface area (Å²) < 4.78 is 0. The molecule has 0 saturated heterocycles. The topological polar surface area (TPSA) is 50.2 Å². The molecule has 0 amide bonds.